The molecule has 3 rings (SSSR count). The molecule has 0 fully saturated rings. The molecule has 148 valence electrons. The highest BCUT2D eigenvalue weighted by Crippen LogP contribution is 2.37. The van der Waals surface area contributed by atoms with E-state index >= 15 is 0 Å². The molecule has 2 aromatic carbocycles. The molecule has 1 heterocycles. The molecule has 8 heteroatoms. The van der Waals surface area contributed by atoms with Crippen molar-refractivity contribution in [1.29, 1.82) is 0 Å². The summed E-state index contributed by atoms with van der Waals surface area (Å²) in [6, 6.07) is 13.3. The van der Waals surface area contributed by atoms with Crippen molar-refractivity contribution in [1.82, 2.24) is 0 Å². The fraction of sp³-hybridized carbons (Fsp3) is 0.0952. The molecule has 0 saturated heterocycles. The summed E-state index contributed by atoms with van der Waals surface area (Å²) in [5, 5.41) is 14.0. The zero-order chi connectivity index (χ0) is 21.0. The molecule has 0 spiro atoms. The molecule has 0 aliphatic carbocycles. The molecule has 0 radical (unpaired) electrons. The summed E-state index contributed by atoms with van der Waals surface area (Å²) in [5.74, 6) is -2.38. The minimum absolute atomic E-state index is 0.00778. The van der Waals surface area contributed by atoms with E-state index in [1.807, 2.05) is 24.3 Å². The monoisotopic (exact) mass is 473 g/mol. The van der Waals surface area contributed by atoms with Crippen LogP contribution in [-0.2, 0) is 4.74 Å². The third kappa shape index (κ3) is 4.55. The van der Waals surface area contributed by atoms with Gasteiger partial charge in [-0.25, -0.2) is 9.59 Å². The molecule has 2 N–H and O–H groups in total. The first-order chi connectivity index (χ1) is 13.9. The first-order valence-corrected chi connectivity index (χ1v) is 10.3. The molecule has 0 saturated carbocycles. The number of ether oxygens (including phenoxy) is 1. The van der Waals surface area contributed by atoms with E-state index in [2.05, 4.69) is 21.2 Å². The maximum atomic E-state index is 12.7. The van der Waals surface area contributed by atoms with E-state index < -0.39 is 17.8 Å². The van der Waals surface area contributed by atoms with E-state index in [1.54, 1.807) is 24.4 Å². The van der Waals surface area contributed by atoms with Crippen LogP contribution in [-0.4, -0.2) is 29.6 Å². The number of benzene rings is 2. The molecule has 29 heavy (non-hydrogen) atoms. The topological polar surface area (TPSA) is 92.7 Å². The van der Waals surface area contributed by atoms with Gasteiger partial charge in [0.2, 0.25) is 0 Å². The Morgan fingerprint density at radius 2 is 1.72 bits per heavy atom. The Morgan fingerprint density at radius 3 is 2.34 bits per heavy atom. The van der Waals surface area contributed by atoms with E-state index in [0.29, 0.717) is 10.6 Å². The Hall–Kier alpha value is -2.97. The van der Waals surface area contributed by atoms with Gasteiger partial charge in [0.1, 0.15) is 10.6 Å². The number of carbonyl (C=O) groups excluding carboxylic acids is 2. The second kappa shape index (κ2) is 9.02. The minimum atomic E-state index is -1.21. The summed E-state index contributed by atoms with van der Waals surface area (Å²) >= 11 is 4.55. The summed E-state index contributed by atoms with van der Waals surface area (Å²) in [5.41, 5.74) is 1.54. The van der Waals surface area contributed by atoms with Crippen LogP contribution in [0.15, 0.2) is 58.4 Å². The molecule has 1 aromatic heterocycles. The summed E-state index contributed by atoms with van der Waals surface area (Å²) in [6.07, 6.45) is 0. The Balaban J connectivity index is 2.01. The van der Waals surface area contributed by atoms with Gasteiger partial charge in [-0.15, -0.1) is 11.3 Å². The number of esters is 1. The number of thiophene rings is 1. The molecule has 0 atom stereocenters. The van der Waals surface area contributed by atoms with Gasteiger partial charge in [-0.2, -0.15) is 0 Å². The van der Waals surface area contributed by atoms with E-state index in [0.717, 1.165) is 10.0 Å². The molecule has 1 amide bonds. The van der Waals surface area contributed by atoms with Gasteiger partial charge in [-0.05, 0) is 36.8 Å². The molecule has 6 nitrogen and oxygen atoms in total. The quantitative estimate of drug-likeness (QED) is 0.473. The third-order valence-corrected chi connectivity index (χ3v) is 5.48. The van der Waals surface area contributed by atoms with Gasteiger partial charge in [0.05, 0.1) is 17.7 Å². The van der Waals surface area contributed by atoms with Crippen LogP contribution in [0, 0.1) is 0 Å². The van der Waals surface area contributed by atoms with Crippen LogP contribution in [0.25, 0.3) is 11.1 Å². The smallest absolute Gasteiger partial charge is 0.341 e. The third-order valence-electron chi connectivity index (χ3n) is 4.05. The molecular formula is C21H16BrNO5S. The van der Waals surface area contributed by atoms with Crippen molar-refractivity contribution in [2.75, 3.05) is 11.9 Å². The SMILES string of the molecule is CCOC(=O)c1c(-c2ccc(Br)cc2)csc1NC(=O)c1ccccc1C(=O)O. The Bertz CT molecular complexity index is 1070. The predicted octanol–water partition coefficient (Wildman–Crippen LogP) is 5.30. The van der Waals surface area contributed by atoms with Gasteiger partial charge < -0.3 is 15.2 Å². The molecule has 0 aliphatic rings. The van der Waals surface area contributed by atoms with Gasteiger partial charge in [-0.3, -0.25) is 4.79 Å². The van der Waals surface area contributed by atoms with E-state index in [9.17, 15) is 19.5 Å². The van der Waals surface area contributed by atoms with Crippen LogP contribution >= 0.6 is 27.3 Å². The lowest BCUT2D eigenvalue weighted by Crippen LogP contribution is -2.17. The largest absolute Gasteiger partial charge is 0.478 e. The van der Waals surface area contributed by atoms with Gasteiger partial charge in [0.25, 0.3) is 5.91 Å². The van der Waals surface area contributed by atoms with Crippen molar-refractivity contribution in [3.05, 3.63) is 75.1 Å². The van der Waals surface area contributed by atoms with Crippen LogP contribution in [0.2, 0.25) is 0 Å². The van der Waals surface area contributed by atoms with E-state index in [-0.39, 0.29) is 23.3 Å². The van der Waals surface area contributed by atoms with Crippen molar-refractivity contribution in [3.8, 4) is 11.1 Å². The molecular weight excluding hydrogens is 458 g/mol. The fourth-order valence-electron chi connectivity index (χ4n) is 2.74. The summed E-state index contributed by atoms with van der Waals surface area (Å²) in [7, 11) is 0. The maximum Gasteiger partial charge on any atom is 0.341 e. The standard InChI is InChI=1S/C21H16BrNO5S/c1-2-28-21(27)17-16(12-7-9-13(22)10-8-12)11-29-19(17)23-18(24)14-5-3-4-6-15(14)20(25)26/h3-11H,2H2,1H3,(H,23,24)(H,25,26). The molecule has 3 aromatic rings. The number of nitrogens with one attached hydrogen (secondary N) is 1. The number of rotatable bonds is 6. The molecule has 0 bridgehead atoms. The van der Waals surface area contributed by atoms with Gasteiger partial charge >= 0.3 is 11.9 Å². The average molecular weight is 474 g/mol. The molecule has 0 aliphatic heterocycles. The van der Waals surface area contributed by atoms with Crippen LogP contribution in [0.4, 0.5) is 5.00 Å². The van der Waals surface area contributed by atoms with Crippen molar-refractivity contribution in [3.63, 3.8) is 0 Å². The highest BCUT2D eigenvalue weighted by molar-refractivity contribution is 9.10. The Morgan fingerprint density at radius 1 is 1.07 bits per heavy atom. The number of hydrogen-bond donors (Lipinski definition) is 2. The lowest BCUT2D eigenvalue weighted by Gasteiger charge is -2.10. The number of anilines is 1. The second-order valence-corrected chi connectivity index (χ2v) is 7.68. The number of hydrogen-bond acceptors (Lipinski definition) is 5. The zero-order valence-electron chi connectivity index (χ0n) is 15.3. The number of carboxylic acid groups (broad SMARTS) is 1. The fourth-order valence-corrected chi connectivity index (χ4v) is 3.95. The van der Waals surface area contributed by atoms with E-state index in [1.165, 1.54) is 23.5 Å². The summed E-state index contributed by atoms with van der Waals surface area (Å²) in [6.45, 7) is 1.88. The Kier molecular flexibility index (Phi) is 6.46. The summed E-state index contributed by atoms with van der Waals surface area (Å²) in [4.78, 5) is 36.7. The lowest BCUT2D eigenvalue weighted by molar-refractivity contribution is 0.0528. The number of halogens is 1. The van der Waals surface area contributed by atoms with Crippen molar-refractivity contribution in [2.24, 2.45) is 0 Å². The first kappa shape index (κ1) is 20.8. The zero-order valence-corrected chi connectivity index (χ0v) is 17.7. The normalized spacial score (nSPS) is 10.4. The Labute approximate surface area is 179 Å². The number of aromatic carboxylic acids is 1. The van der Waals surface area contributed by atoms with Crippen LogP contribution in [0.3, 0.4) is 0 Å². The highest BCUT2D eigenvalue weighted by Gasteiger charge is 2.24. The van der Waals surface area contributed by atoms with Crippen molar-refractivity contribution < 1.29 is 24.2 Å². The first-order valence-electron chi connectivity index (χ1n) is 8.60. The number of carbonyl (C=O) groups is 3. The maximum absolute atomic E-state index is 12.7. The van der Waals surface area contributed by atoms with E-state index in [4.69, 9.17) is 4.74 Å². The van der Waals surface area contributed by atoms with Crippen molar-refractivity contribution >= 4 is 50.1 Å². The van der Waals surface area contributed by atoms with Gasteiger partial charge in [-0.1, -0.05) is 40.2 Å². The minimum Gasteiger partial charge on any atom is -0.478 e. The average Bonchev–Trinajstić information content (AvgIpc) is 3.12. The van der Waals surface area contributed by atoms with Gasteiger partial charge in [0.15, 0.2) is 0 Å². The number of carboxylic acids is 1. The predicted molar refractivity (Wildman–Crippen MR) is 115 cm³/mol. The van der Waals surface area contributed by atoms with Crippen LogP contribution in [0.1, 0.15) is 38.0 Å². The lowest BCUT2D eigenvalue weighted by atomic mass is 10.0. The van der Waals surface area contributed by atoms with Crippen LogP contribution < -0.4 is 5.32 Å². The highest BCUT2D eigenvalue weighted by atomic mass is 79.9. The summed E-state index contributed by atoms with van der Waals surface area (Å²) < 4.78 is 6.07. The van der Waals surface area contributed by atoms with Gasteiger partial charge in [0, 0.05) is 15.4 Å². The van der Waals surface area contributed by atoms with Crippen molar-refractivity contribution in [2.45, 2.75) is 6.92 Å². The number of amides is 1. The molecule has 0 unspecified atom stereocenters. The van der Waals surface area contributed by atoms with Crippen LogP contribution in [0.5, 0.6) is 0 Å². The second-order valence-electron chi connectivity index (χ2n) is 5.89.